The second-order valence-corrected chi connectivity index (χ2v) is 5.37. The van der Waals surface area contributed by atoms with Gasteiger partial charge in [0.25, 0.3) is 0 Å². The number of nitrogens with one attached hydrogen (secondary N) is 2. The Hall–Kier alpha value is -1.75. The molecule has 1 saturated heterocycles. The Labute approximate surface area is 126 Å². The SMILES string of the molecule is CCCNC(=O)Nc1ccc(N2CCCC(OC)C2)cc1. The molecule has 1 aliphatic rings. The summed E-state index contributed by atoms with van der Waals surface area (Å²) in [5, 5.41) is 5.63. The van der Waals surface area contributed by atoms with Gasteiger partial charge in [-0.2, -0.15) is 0 Å². The van der Waals surface area contributed by atoms with E-state index in [0.29, 0.717) is 12.6 Å². The lowest BCUT2D eigenvalue weighted by Gasteiger charge is -2.33. The van der Waals surface area contributed by atoms with E-state index < -0.39 is 0 Å². The quantitative estimate of drug-likeness (QED) is 0.877. The Kier molecular flexibility index (Phi) is 5.87. The molecule has 116 valence electrons. The third-order valence-corrected chi connectivity index (χ3v) is 3.74. The monoisotopic (exact) mass is 291 g/mol. The molecule has 0 aliphatic carbocycles. The minimum absolute atomic E-state index is 0.151. The number of benzene rings is 1. The second-order valence-electron chi connectivity index (χ2n) is 5.37. The zero-order chi connectivity index (χ0) is 15.1. The van der Waals surface area contributed by atoms with Crippen LogP contribution in [0.1, 0.15) is 26.2 Å². The molecule has 1 atom stereocenters. The minimum Gasteiger partial charge on any atom is -0.380 e. The molecule has 1 fully saturated rings. The average molecular weight is 291 g/mol. The van der Waals surface area contributed by atoms with Crippen molar-refractivity contribution >= 4 is 17.4 Å². The van der Waals surface area contributed by atoms with Crippen molar-refractivity contribution in [3.8, 4) is 0 Å². The minimum atomic E-state index is -0.151. The van der Waals surface area contributed by atoms with Crippen molar-refractivity contribution < 1.29 is 9.53 Å². The number of hydrogen-bond donors (Lipinski definition) is 2. The maximum atomic E-state index is 11.6. The van der Waals surface area contributed by atoms with Gasteiger partial charge in [0.2, 0.25) is 0 Å². The van der Waals surface area contributed by atoms with Gasteiger partial charge in [-0.1, -0.05) is 6.92 Å². The summed E-state index contributed by atoms with van der Waals surface area (Å²) in [6.45, 7) is 4.71. The van der Waals surface area contributed by atoms with Gasteiger partial charge in [-0.3, -0.25) is 0 Å². The molecule has 1 unspecified atom stereocenters. The smallest absolute Gasteiger partial charge is 0.319 e. The Balaban J connectivity index is 1.90. The fourth-order valence-corrected chi connectivity index (χ4v) is 2.53. The number of urea groups is 1. The number of anilines is 2. The van der Waals surface area contributed by atoms with Crippen LogP contribution in [0.15, 0.2) is 24.3 Å². The fraction of sp³-hybridized carbons (Fsp3) is 0.562. The van der Waals surface area contributed by atoms with Crippen LogP contribution < -0.4 is 15.5 Å². The summed E-state index contributed by atoms with van der Waals surface area (Å²) in [5.41, 5.74) is 1.99. The molecule has 1 heterocycles. The highest BCUT2D eigenvalue weighted by molar-refractivity contribution is 5.89. The first-order valence-electron chi connectivity index (χ1n) is 7.65. The summed E-state index contributed by atoms with van der Waals surface area (Å²) in [4.78, 5) is 13.9. The van der Waals surface area contributed by atoms with Crippen LogP contribution >= 0.6 is 0 Å². The van der Waals surface area contributed by atoms with Gasteiger partial charge in [-0.05, 0) is 43.5 Å². The number of ether oxygens (including phenoxy) is 1. The van der Waals surface area contributed by atoms with Gasteiger partial charge in [0.15, 0.2) is 0 Å². The van der Waals surface area contributed by atoms with E-state index >= 15 is 0 Å². The molecule has 2 N–H and O–H groups in total. The molecule has 1 aromatic rings. The molecule has 1 aromatic carbocycles. The van der Waals surface area contributed by atoms with E-state index in [1.165, 1.54) is 5.69 Å². The van der Waals surface area contributed by atoms with Gasteiger partial charge in [-0.15, -0.1) is 0 Å². The largest absolute Gasteiger partial charge is 0.380 e. The van der Waals surface area contributed by atoms with Crippen LogP contribution in [0.2, 0.25) is 0 Å². The van der Waals surface area contributed by atoms with Gasteiger partial charge in [0.05, 0.1) is 6.10 Å². The first-order chi connectivity index (χ1) is 10.2. The first-order valence-corrected chi connectivity index (χ1v) is 7.65. The predicted octanol–water partition coefficient (Wildman–Crippen LogP) is 2.83. The number of carbonyl (C=O) groups is 1. The molecule has 0 aromatic heterocycles. The number of hydrogen-bond acceptors (Lipinski definition) is 3. The fourth-order valence-electron chi connectivity index (χ4n) is 2.53. The normalized spacial score (nSPS) is 18.4. The molecule has 0 bridgehead atoms. The van der Waals surface area contributed by atoms with E-state index in [4.69, 9.17) is 4.74 Å². The summed E-state index contributed by atoms with van der Waals surface area (Å²) >= 11 is 0. The molecule has 0 saturated carbocycles. The summed E-state index contributed by atoms with van der Waals surface area (Å²) in [5.74, 6) is 0. The number of methoxy groups -OCH3 is 1. The molecule has 1 aliphatic heterocycles. The van der Waals surface area contributed by atoms with E-state index in [1.54, 1.807) is 7.11 Å². The molecule has 2 amide bonds. The van der Waals surface area contributed by atoms with Gasteiger partial charge < -0.3 is 20.3 Å². The lowest BCUT2D eigenvalue weighted by atomic mass is 10.1. The van der Waals surface area contributed by atoms with Crippen LogP contribution in [-0.2, 0) is 4.74 Å². The van der Waals surface area contributed by atoms with E-state index in [9.17, 15) is 4.79 Å². The highest BCUT2D eigenvalue weighted by Gasteiger charge is 2.19. The number of nitrogens with zero attached hydrogens (tertiary/aromatic N) is 1. The predicted molar refractivity (Wildman–Crippen MR) is 86.0 cm³/mol. The van der Waals surface area contributed by atoms with E-state index in [1.807, 2.05) is 31.2 Å². The van der Waals surface area contributed by atoms with Crippen molar-refractivity contribution in [1.29, 1.82) is 0 Å². The molecule has 5 nitrogen and oxygen atoms in total. The molecule has 5 heteroatoms. The summed E-state index contributed by atoms with van der Waals surface area (Å²) in [6, 6.07) is 7.83. The van der Waals surface area contributed by atoms with Crippen molar-refractivity contribution in [3.63, 3.8) is 0 Å². The van der Waals surface area contributed by atoms with Crippen molar-refractivity contribution in [1.82, 2.24) is 5.32 Å². The van der Waals surface area contributed by atoms with Gasteiger partial charge in [-0.25, -0.2) is 4.79 Å². The third kappa shape index (κ3) is 4.63. The summed E-state index contributed by atoms with van der Waals surface area (Å²) < 4.78 is 5.45. The van der Waals surface area contributed by atoms with Crippen molar-refractivity contribution in [2.45, 2.75) is 32.3 Å². The van der Waals surface area contributed by atoms with Gasteiger partial charge in [0.1, 0.15) is 0 Å². The van der Waals surface area contributed by atoms with Crippen LogP contribution in [-0.4, -0.2) is 38.9 Å². The van der Waals surface area contributed by atoms with Crippen LogP contribution in [0.5, 0.6) is 0 Å². The van der Waals surface area contributed by atoms with Crippen LogP contribution in [0.3, 0.4) is 0 Å². The van der Waals surface area contributed by atoms with Crippen LogP contribution in [0, 0.1) is 0 Å². The van der Waals surface area contributed by atoms with Crippen molar-refractivity contribution in [2.24, 2.45) is 0 Å². The third-order valence-electron chi connectivity index (χ3n) is 3.74. The Morgan fingerprint density at radius 2 is 2.14 bits per heavy atom. The van der Waals surface area contributed by atoms with Gasteiger partial charge >= 0.3 is 6.03 Å². The van der Waals surface area contributed by atoms with E-state index in [2.05, 4.69) is 15.5 Å². The summed E-state index contributed by atoms with van der Waals surface area (Å²) in [6.07, 6.45) is 3.53. The Morgan fingerprint density at radius 3 is 2.81 bits per heavy atom. The molecular formula is C16H25N3O2. The zero-order valence-electron chi connectivity index (χ0n) is 12.9. The number of carbonyl (C=O) groups excluding carboxylic acids is 1. The Bertz CT molecular complexity index is 447. The van der Waals surface area contributed by atoms with E-state index in [0.717, 1.165) is 38.0 Å². The van der Waals surface area contributed by atoms with Crippen LogP contribution in [0.25, 0.3) is 0 Å². The number of rotatable bonds is 5. The maximum absolute atomic E-state index is 11.6. The summed E-state index contributed by atoms with van der Waals surface area (Å²) in [7, 11) is 1.77. The lowest BCUT2D eigenvalue weighted by Crippen LogP contribution is -2.39. The standard InChI is InChI=1S/C16H25N3O2/c1-3-10-17-16(20)18-13-6-8-14(9-7-13)19-11-4-5-15(12-19)21-2/h6-9,15H,3-5,10-12H2,1-2H3,(H2,17,18,20). The maximum Gasteiger partial charge on any atom is 0.319 e. The number of piperidine rings is 1. The van der Waals surface area contributed by atoms with Crippen molar-refractivity contribution in [2.75, 3.05) is 37.0 Å². The average Bonchev–Trinajstić information content (AvgIpc) is 2.53. The van der Waals surface area contributed by atoms with Crippen LogP contribution in [0.4, 0.5) is 16.2 Å². The molecule has 2 rings (SSSR count). The zero-order valence-corrected chi connectivity index (χ0v) is 12.9. The first kappa shape index (κ1) is 15.6. The lowest BCUT2D eigenvalue weighted by molar-refractivity contribution is 0.0893. The molecule has 0 spiro atoms. The number of amides is 2. The van der Waals surface area contributed by atoms with Gasteiger partial charge in [0, 0.05) is 38.1 Å². The second kappa shape index (κ2) is 7.88. The van der Waals surface area contributed by atoms with E-state index in [-0.39, 0.29) is 6.03 Å². The highest BCUT2D eigenvalue weighted by atomic mass is 16.5. The van der Waals surface area contributed by atoms with Crippen molar-refractivity contribution in [3.05, 3.63) is 24.3 Å². The topological polar surface area (TPSA) is 53.6 Å². The Morgan fingerprint density at radius 1 is 1.38 bits per heavy atom. The molecule has 0 radical (unpaired) electrons. The molecule has 21 heavy (non-hydrogen) atoms. The molecular weight excluding hydrogens is 266 g/mol. The highest BCUT2D eigenvalue weighted by Crippen LogP contribution is 2.22.